The first-order valence-electron chi connectivity index (χ1n) is 9.66. The van der Waals surface area contributed by atoms with Crippen molar-refractivity contribution in [2.75, 3.05) is 0 Å². The van der Waals surface area contributed by atoms with Crippen molar-refractivity contribution in [2.24, 2.45) is 0 Å². The second kappa shape index (κ2) is 7.43. The molecule has 2 aromatic heterocycles. The van der Waals surface area contributed by atoms with Gasteiger partial charge in [-0.25, -0.2) is 4.68 Å². The Morgan fingerprint density at radius 1 is 1.26 bits per heavy atom. The average Bonchev–Trinajstić information content (AvgIpc) is 3.25. The highest BCUT2D eigenvalue weighted by Gasteiger charge is 2.34. The molecule has 1 aliphatic rings. The van der Waals surface area contributed by atoms with E-state index < -0.39 is 0 Å². The van der Waals surface area contributed by atoms with Crippen molar-refractivity contribution in [1.29, 1.82) is 0 Å². The Kier molecular flexibility index (Phi) is 4.84. The third-order valence-corrected chi connectivity index (χ3v) is 4.97. The van der Waals surface area contributed by atoms with Crippen molar-refractivity contribution in [3.63, 3.8) is 0 Å². The molecule has 0 bridgehead atoms. The van der Waals surface area contributed by atoms with Crippen LogP contribution in [0.4, 0.5) is 0 Å². The van der Waals surface area contributed by atoms with Crippen LogP contribution in [0.25, 0.3) is 5.69 Å². The van der Waals surface area contributed by atoms with E-state index >= 15 is 0 Å². The molecule has 1 N–H and O–H groups in total. The smallest absolute Gasteiger partial charge is 0.255 e. The second-order valence-corrected chi connectivity index (χ2v) is 7.24. The minimum atomic E-state index is -0.0601. The van der Waals surface area contributed by atoms with E-state index in [0.717, 1.165) is 54.1 Å². The normalized spacial score (nSPS) is 13.7. The summed E-state index contributed by atoms with van der Waals surface area (Å²) in [5.74, 6) is 1.09. The highest BCUT2D eigenvalue weighted by molar-refractivity contribution is 5.97. The van der Waals surface area contributed by atoms with Crippen molar-refractivity contribution in [2.45, 2.75) is 52.0 Å². The molecule has 0 atom stereocenters. The first-order chi connectivity index (χ1) is 13.2. The van der Waals surface area contributed by atoms with Crippen LogP contribution in [0, 0.1) is 6.92 Å². The lowest BCUT2D eigenvalue weighted by atomic mass is 10.1. The maximum absolute atomic E-state index is 13.1. The number of benzene rings is 1. The zero-order valence-electron chi connectivity index (χ0n) is 15.9. The van der Waals surface area contributed by atoms with Crippen LogP contribution >= 0.6 is 0 Å². The van der Waals surface area contributed by atoms with Gasteiger partial charge in [-0.15, -0.1) is 0 Å². The van der Waals surface area contributed by atoms with Crippen LogP contribution < -0.4 is 5.32 Å². The first kappa shape index (κ1) is 17.6. The van der Waals surface area contributed by atoms with E-state index in [2.05, 4.69) is 43.4 Å². The largest absolute Gasteiger partial charge is 0.467 e. The van der Waals surface area contributed by atoms with E-state index in [0.29, 0.717) is 12.5 Å². The molecule has 140 valence electrons. The van der Waals surface area contributed by atoms with E-state index in [9.17, 15) is 4.79 Å². The number of carbonyl (C=O) groups excluding carboxylic acids is 1. The van der Waals surface area contributed by atoms with Gasteiger partial charge in [-0.1, -0.05) is 31.0 Å². The molecule has 5 heteroatoms. The maximum atomic E-state index is 13.1. The van der Waals surface area contributed by atoms with Gasteiger partial charge < -0.3 is 9.73 Å². The van der Waals surface area contributed by atoms with Crippen LogP contribution in [-0.2, 0) is 13.0 Å². The third-order valence-electron chi connectivity index (χ3n) is 4.97. The Morgan fingerprint density at radius 3 is 2.67 bits per heavy atom. The van der Waals surface area contributed by atoms with Crippen LogP contribution in [0.5, 0.6) is 0 Å². The Hall–Kier alpha value is -2.82. The number of nitrogens with one attached hydrogen (secondary N) is 1. The number of furan rings is 1. The van der Waals surface area contributed by atoms with E-state index in [4.69, 9.17) is 9.52 Å². The number of aromatic nitrogens is 2. The minimum Gasteiger partial charge on any atom is -0.467 e. The number of aryl methyl sites for hydroxylation is 1. The molecule has 0 radical (unpaired) electrons. The molecule has 3 aromatic rings. The van der Waals surface area contributed by atoms with Gasteiger partial charge >= 0.3 is 0 Å². The molecule has 0 spiro atoms. The van der Waals surface area contributed by atoms with Gasteiger partial charge in [0.1, 0.15) is 5.76 Å². The van der Waals surface area contributed by atoms with E-state index in [1.54, 1.807) is 6.26 Å². The van der Waals surface area contributed by atoms with E-state index in [-0.39, 0.29) is 5.91 Å². The molecule has 1 saturated carbocycles. The van der Waals surface area contributed by atoms with Gasteiger partial charge in [-0.3, -0.25) is 4.79 Å². The number of carbonyl (C=O) groups is 1. The summed E-state index contributed by atoms with van der Waals surface area (Å²) in [5, 5.41) is 7.90. The lowest BCUT2D eigenvalue weighted by Gasteiger charge is -2.10. The fourth-order valence-electron chi connectivity index (χ4n) is 3.40. The summed E-state index contributed by atoms with van der Waals surface area (Å²) in [5.41, 5.74) is 4.92. The zero-order valence-corrected chi connectivity index (χ0v) is 15.9. The SMILES string of the molecule is CCCc1c(C(=O)NCc2ccco2)c(C2CC2)nn1-c1ccc(C)cc1. The fraction of sp³-hybridized carbons (Fsp3) is 0.364. The minimum absolute atomic E-state index is 0.0601. The van der Waals surface area contributed by atoms with E-state index in [1.165, 1.54) is 5.56 Å². The van der Waals surface area contributed by atoms with Gasteiger partial charge in [-0.05, 0) is 50.5 Å². The number of rotatable bonds is 7. The summed E-state index contributed by atoms with van der Waals surface area (Å²) in [6.07, 6.45) is 5.61. The van der Waals surface area contributed by atoms with Crippen molar-refractivity contribution in [3.8, 4) is 5.69 Å². The lowest BCUT2D eigenvalue weighted by Crippen LogP contribution is -2.24. The van der Waals surface area contributed by atoms with Crippen LogP contribution in [-0.4, -0.2) is 15.7 Å². The van der Waals surface area contributed by atoms with Crippen molar-refractivity contribution in [1.82, 2.24) is 15.1 Å². The second-order valence-electron chi connectivity index (χ2n) is 7.24. The van der Waals surface area contributed by atoms with Gasteiger partial charge in [0.2, 0.25) is 0 Å². The zero-order chi connectivity index (χ0) is 18.8. The molecule has 0 unspecified atom stereocenters. The summed E-state index contributed by atoms with van der Waals surface area (Å²) in [6, 6.07) is 12.0. The van der Waals surface area contributed by atoms with Crippen molar-refractivity contribution >= 4 is 5.91 Å². The summed E-state index contributed by atoms with van der Waals surface area (Å²) >= 11 is 0. The van der Waals surface area contributed by atoms with Gasteiger partial charge in [0.25, 0.3) is 5.91 Å². The lowest BCUT2D eigenvalue weighted by molar-refractivity contribution is 0.0946. The van der Waals surface area contributed by atoms with Gasteiger partial charge in [-0.2, -0.15) is 5.10 Å². The van der Waals surface area contributed by atoms with Crippen LogP contribution in [0.15, 0.2) is 47.1 Å². The van der Waals surface area contributed by atoms with Crippen LogP contribution in [0.1, 0.15) is 65.2 Å². The molecule has 27 heavy (non-hydrogen) atoms. The van der Waals surface area contributed by atoms with Crippen molar-refractivity contribution in [3.05, 3.63) is 70.9 Å². The summed E-state index contributed by atoms with van der Waals surface area (Å²) in [7, 11) is 0. The predicted octanol–water partition coefficient (Wildman–Crippen LogP) is 4.53. The molecule has 5 nitrogen and oxygen atoms in total. The predicted molar refractivity (Wildman–Crippen MR) is 104 cm³/mol. The molecule has 1 aromatic carbocycles. The molecule has 0 aliphatic heterocycles. The van der Waals surface area contributed by atoms with Crippen LogP contribution in [0.2, 0.25) is 0 Å². The number of amides is 1. The van der Waals surface area contributed by atoms with Gasteiger partial charge in [0.05, 0.1) is 35.4 Å². The van der Waals surface area contributed by atoms with E-state index in [1.807, 2.05) is 16.8 Å². The molecule has 4 rings (SSSR count). The quantitative estimate of drug-likeness (QED) is 0.671. The molecule has 1 amide bonds. The molecular weight excluding hydrogens is 338 g/mol. The third kappa shape index (κ3) is 3.68. The number of hydrogen-bond donors (Lipinski definition) is 1. The molecule has 2 heterocycles. The van der Waals surface area contributed by atoms with Gasteiger partial charge in [0, 0.05) is 5.92 Å². The fourth-order valence-corrected chi connectivity index (χ4v) is 3.40. The Bertz CT molecular complexity index is 919. The summed E-state index contributed by atoms with van der Waals surface area (Å²) in [4.78, 5) is 13.1. The first-order valence-corrected chi connectivity index (χ1v) is 9.66. The molecule has 0 saturated heterocycles. The standard InChI is InChI=1S/C22H25N3O2/c1-3-5-19-20(22(26)23-14-18-6-4-13-27-18)21(16-9-10-16)24-25(19)17-11-7-15(2)8-12-17/h4,6-8,11-13,16H,3,5,9-10,14H2,1-2H3,(H,23,26). The van der Waals surface area contributed by atoms with Crippen LogP contribution in [0.3, 0.4) is 0 Å². The Labute approximate surface area is 159 Å². The monoisotopic (exact) mass is 363 g/mol. The molecule has 1 fully saturated rings. The summed E-state index contributed by atoms with van der Waals surface area (Å²) < 4.78 is 7.31. The van der Waals surface area contributed by atoms with Gasteiger partial charge in [0.15, 0.2) is 0 Å². The number of nitrogens with zero attached hydrogens (tertiary/aromatic N) is 2. The molecular formula is C22H25N3O2. The highest BCUT2D eigenvalue weighted by Crippen LogP contribution is 2.42. The topological polar surface area (TPSA) is 60.1 Å². The molecule has 1 aliphatic carbocycles. The Balaban J connectivity index is 1.71. The van der Waals surface area contributed by atoms with Crippen molar-refractivity contribution < 1.29 is 9.21 Å². The maximum Gasteiger partial charge on any atom is 0.255 e. The average molecular weight is 363 g/mol. The summed E-state index contributed by atoms with van der Waals surface area (Å²) in [6.45, 7) is 4.59. The Morgan fingerprint density at radius 2 is 2.04 bits per heavy atom. The number of hydrogen-bond acceptors (Lipinski definition) is 3. The highest BCUT2D eigenvalue weighted by atomic mass is 16.3.